The first-order chi connectivity index (χ1) is 13.7. The minimum atomic E-state index is -0.0531. The molecule has 1 N–H and O–H groups in total. The Morgan fingerprint density at radius 1 is 1.21 bits per heavy atom. The van der Waals surface area contributed by atoms with Gasteiger partial charge in [0.1, 0.15) is 0 Å². The van der Waals surface area contributed by atoms with Crippen LogP contribution in [0.2, 0.25) is 0 Å². The fourth-order valence-corrected chi connectivity index (χ4v) is 4.20. The van der Waals surface area contributed by atoms with Gasteiger partial charge in [-0.2, -0.15) is 0 Å². The molecular formula is C22H30N4O2. The number of likely N-dealkylation sites (tertiary alicyclic amines) is 1. The lowest BCUT2D eigenvalue weighted by Gasteiger charge is -2.27. The first-order valence-electron chi connectivity index (χ1n) is 10.4. The number of H-pyrrole nitrogens is 1. The number of nitrogens with zero attached hydrogens (tertiary/aromatic N) is 3. The van der Waals surface area contributed by atoms with E-state index in [1.54, 1.807) is 6.07 Å². The monoisotopic (exact) mass is 382 g/mol. The molecule has 3 heterocycles. The number of anilines is 1. The molecule has 2 aromatic rings. The van der Waals surface area contributed by atoms with Crippen LogP contribution in [0.3, 0.4) is 0 Å². The molecule has 2 fully saturated rings. The number of aromatic nitrogens is 2. The van der Waals surface area contributed by atoms with Crippen molar-refractivity contribution in [3.8, 4) is 0 Å². The molecule has 4 rings (SSSR count). The van der Waals surface area contributed by atoms with Crippen molar-refractivity contribution >= 4 is 5.95 Å². The maximum Gasteiger partial charge on any atom is 0.252 e. The Bertz CT molecular complexity index is 817. The quantitative estimate of drug-likeness (QED) is 0.832. The van der Waals surface area contributed by atoms with Crippen LogP contribution in [-0.4, -0.2) is 60.8 Å². The number of benzene rings is 1. The predicted octanol–water partition coefficient (Wildman–Crippen LogP) is 2.59. The van der Waals surface area contributed by atoms with Gasteiger partial charge in [0.05, 0.1) is 18.9 Å². The number of hydrogen-bond acceptors (Lipinski definition) is 5. The van der Waals surface area contributed by atoms with Gasteiger partial charge in [0.2, 0.25) is 5.95 Å². The largest absolute Gasteiger partial charge is 0.378 e. The fraction of sp³-hybridized carbons (Fsp3) is 0.545. The van der Waals surface area contributed by atoms with E-state index >= 15 is 0 Å². The normalized spacial score (nSPS) is 21.8. The van der Waals surface area contributed by atoms with Gasteiger partial charge in [-0.05, 0) is 37.4 Å². The minimum Gasteiger partial charge on any atom is -0.378 e. The Hall–Kier alpha value is -2.18. The van der Waals surface area contributed by atoms with Crippen LogP contribution >= 0.6 is 0 Å². The molecule has 0 radical (unpaired) electrons. The van der Waals surface area contributed by atoms with Crippen molar-refractivity contribution in [2.45, 2.75) is 31.6 Å². The molecule has 2 aliphatic rings. The van der Waals surface area contributed by atoms with Crippen LogP contribution in [0, 0.1) is 0 Å². The SMILES string of the molecule is C[C@@H](CCN1CC[C@H](c2cc(=O)[nH]c(N3CCOCC3)n2)C1)c1ccccc1. The summed E-state index contributed by atoms with van der Waals surface area (Å²) in [4.78, 5) is 24.5. The van der Waals surface area contributed by atoms with Gasteiger partial charge < -0.3 is 14.5 Å². The molecule has 150 valence electrons. The molecule has 6 heteroatoms. The summed E-state index contributed by atoms with van der Waals surface area (Å²) in [5.74, 6) is 1.60. The van der Waals surface area contributed by atoms with Gasteiger partial charge in [-0.1, -0.05) is 37.3 Å². The van der Waals surface area contributed by atoms with Crippen LogP contribution in [0.4, 0.5) is 5.95 Å². The van der Waals surface area contributed by atoms with Gasteiger partial charge in [-0.3, -0.25) is 9.78 Å². The molecule has 6 nitrogen and oxygen atoms in total. The van der Waals surface area contributed by atoms with E-state index in [1.165, 1.54) is 5.56 Å². The van der Waals surface area contributed by atoms with E-state index in [2.05, 4.69) is 52.0 Å². The summed E-state index contributed by atoms with van der Waals surface area (Å²) in [6.07, 6.45) is 2.22. The number of morpholine rings is 1. The Kier molecular flexibility index (Phi) is 6.07. The van der Waals surface area contributed by atoms with E-state index < -0.39 is 0 Å². The summed E-state index contributed by atoms with van der Waals surface area (Å²) in [6, 6.07) is 12.4. The highest BCUT2D eigenvalue weighted by Crippen LogP contribution is 2.27. The lowest BCUT2D eigenvalue weighted by Crippen LogP contribution is -2.38. The highest BCUT2D eigenvalue weighted by Gasteiger charge is 2.26. The summed E-state index contributed by atoms with van der Waals surface area (Å²) < 4.78 is 5.41. The average Bonchev–Trinajstić information content (AvgIpc) is 3.22. The maximum atomic E-state index is 12.2. The van der Waals surface area contributed by atoms with E-state index in [0.29, 0.717) is 31.0 Å². The van der Waals surface area contributed by atoms with Gasteiger partial charge in [-0.15, -0.1) is 0 Å². The second kappa shape index (κ2) is 8.88. The molecule has 0 amide bonds. The second-order valence-corrected chi connectivity index (χ2v) is 7.98. The van der Waals surface area contributed by atoms with E-state index in [0.717, 1.165) is 51.3 Å². The van der Waals surface area contributed by atoms with E-state index in [1.807, 2.05) is 0 Å². The topological polar surface area (TPSA) is 61.5 Å². The van der Waals surface area contributed by atoms with Crippen molar-refractivity contribution in [1.29, 1.82) is 0 Å². The van der Waals surface area contributed by atoms with Crippen LogP contribution in [0.5, 0.6) is 0 Å². The third-order valence-electron chi connectivity index (χ3n) is 6.00. The van der Waals surface area contributed by atoms with Crippen molar-refractivity contribution in [2.24, 2.45) is 0 Å². The molecule has 0 unspecified atom stereocenters. The molecule has 2 saturated heterocycles. The zero-order chi connectivity index (χ0) is 19.3. The average molecular weight is 383 g/mol. The molecule has 1 aromatic carbocycles. The molecule has 0 spiro atoms. The highest BCUT2D eigenvalue weighted by atomic mass is 16.5. The maximum absolute atomic E-state index is 12.2. The third-order valence-corrected chi connectivity index (χ3v) is 6.00. The van der Waals surface area contributed by atoms with E-state index in [-0.39, 0.29) is 5.56 Å². The zero-order valence-corrected chi connectivity index (χ0v) is 16.6. The second-order valence-electron chi connectivity index (χ2n) is 7.98. The lowest BCUT2D eigenvalue weighted by molar-refractivity contribution is 0.122. The van der Waals surface area contributed by atoms with Crippen LogP contribution in [0.15, 0.2) is 41.2 Å². The van der Waals surface area contributed by atoms with Crippen molar-refractivity contribution < 1.29 is 4.74 Å². The first-order valence-corrected chi connectivity index (χ1v) is 10.4. The van der Waals surface area contributed by atoms with Gasteiger partial charge >= 0.3 is 0 Å². The standard InChI is InChI=1S/C22H30N4O2/c1-17(18-5-3-2-4-6-18)7-9-25-10-8-19(16-25)20-15-21(27)24-22(23-20)26-11-13-28-14-12-26/h2-6,15,17,19H,7-14,16H2,1H3,(H,23,24,27)/t17-,19-/m0/s1. The Labute approximate surface area is 166 Å². The summed E-state index contributed by atoms with van der Waals surface area (Å²) in [5, 5.41) is 0. The molecule has 2 aliphatic heterocycles. The van der Waals surface area contributed by atoms with Crippen LogP contribution < -0.4 is 10.5 Å². The van der Waals surface area contributed by atoms with Crippen molar-refractivity contribution in [2.75, 3.05) is 50.8 Å². The number of nitrogens with one attached hydrogen (secondary N) is 1. The van der Waals surface area contributed by atoms with Gasteiger partial charge in [0.15, 0.2) is 0 Å². The van der Waals surface area contributed by atoms with Crippen LogP contribution in [0.1, 0.15) is 42.9 Å². The molecular weight excluding hydrogens is 352 g/mol. The Balaban J connectivity index is 1.36. The fourth-order valence-electron chi connectivity index (χ4n) is 4.20. The summed E-state index contributed by atoms with van der Waals surface area (Å²) >= 11 is 0. The lowest BCUT2D eigenvalue weighted by atomic mass is 9.98. The first kappa shape index (κ1) is 19.2. The molecule has 28 heavy (non-hydrogen) atoms. The number of ether oxygens (including phenoxy) is 1. The van der Waals surface area contributed by atoms with Crippen molar-refractivity contribution in [3.05, 3.63) is 58.0 Å². The van der Waals surface area contributed by atoms with Gasteiger partial charge in [0.25, 0.3) is 5.56 Å². The highest BCUT2D eigenvalue weighted by molar-refractivity contribution is 5.32. The van der Waals surface area contributed by atoms with Gasteiger partial charge in [0, 0.05) is 31.6 Å². The Morgan fingerprint density at radius 3 is 2.79 bits per heavy atom. The number of rotatable bonds is 6. The molecule has 1 aromatic heterocycles. The molecule has 0 bridgehead atoms. The van der Waals surface area contributed by atoms with Crippen LogP contribution in [0.25, 0.3) is 0 Å². The van der Waals surface area contributed by atoms with Crippen molar-refractivity contribution in [1.82, 2.24) is 14.9 Å². The molecule has 0 aliphatic carbocycles. The number of hydrogen-bond donors (Lipinski definition) is 1. The van der Waals surface area contributed by atoms with Crippen LogP contribution in [-0.2, 0) is 4.74 Å². The van der Waals surface area contributed by atoms with Gasteiger partial charge in [-0.25, -0.2) is 4.98 Å². The predicted molar refractivity (Wildman–Crippen MR) is 111 cm³/mol. The summed E-state index contributed by atoms with van der Waals surface area (Å²) in [7, 11) is 0. The summed E-state index contributed by atoms with van der Waals surface area (Å²) in [5.41, 5.74) is 2.29. The van der Waals surface area contributed by atoms with E-state index in [4.69, 9.17) is 9.72 Å². The third kappa shape index (κ3) is 4.62. The Morgan fingerprint density at radius 2 is 2.00 bits per heavy atom. The number of aromatic amines is 1. The van der Waals surface area contributed by atoms with Crippen molar-refractivity contribution in [3.63, 3.8) is 0 Å². The molecule has 0 saturated carbocycles. The minimum absolute atomic E-state index is 0.0531. The smallest absolute Gasteiger partial charge is 0.252 e. The zero-order valence-electron chi connectivity index (χ0n) is 16.6. The van der Waals surface area contributed by atoms with E-state index in [9.17, 15) is 4.79 Å². The summed E-state index contributed by atoms with van der Waals surface area (Å²) in [6.45, 7) is 8.38. The molecule has 2 atom stereocenters.